The predicted molar refractivity (Wildman–Crippen MR) is 196 cm³/mol. The van der Waals surface area contributed by atoms with Gasteiger partial charge in [0.25, 0.3) is 17.1 Å². The maximum Gasteiger partial charge on any atom is 0.407 e. The third-order valence-corrected chi connectivity index (χ3v) is 6.91. The summed E-state index contributed by atoms with van der Waals surface area (Å²) in [6.07, 6.45) is 11.8. The molecule has 1 aliphatic rings. The zero-order valence-corrected chi connectivity index (χ0v) is 29.9. The first-order valence-corrected chi connectivity index (χ1v) is 15.6. The highest BCUT2D eigenvalue weighted by atomic mass is 16.6. The molecule has 4 aromatic heterocycles. The van der Waals surface area contributed by atoms with Gasteiger partial charge in [0.1, 0.15) is 17.3 Å². The fraction of sp³-hybridized carbons (Fsp3) is 0.194. The molecule has 5 heterocycles. The standard InChI is InChI=1S/C10H12BN3O6.C9H8BN3O2.C6H6N2O3.C6H6N2O2/c1-11(16)12-8(10(15)20-2)5-7-6-13(17)4-3-9(7)14(18)19;10-9(15)13-7-3-5-4-11-2-1-6(5)12-8(7)14;1-5-4-7(9)3-2-6(5)8(10)11;1-5-4-7-3-2-6(5)8(9)10/h3-6,12,16H,1-2H3;1-2,4,7H,3H2,(H,12,14)(H,13,15);2-4H,1H3;2-4H,1H3/b8-5-;;;. The van der Waals surface area contributed by atoms with E-state index in [1.807, 2.05) is 0 Å². The highest BCUT2D eigenvalue weighted by molar-refractivity contribution is 6.57. The van der Waals surface area contributed by atoms with Crippen molar-refractivity contribution in [2.75, 3.05) is 12.4 Å². The minimum absolute atomic E-state index is 0.0305. The summed E-state index contributed by atoms with van der Waals surface area (Å²) >= 11 is 0. The molecule has 1 aliphatic heterocycles. The topological polar surface area (TPSA) is 326 Å². The zero-order chi connectivity index (χ0) is 42.1. The van der Waals surface area contributed by atoms with Crippen LogP contribution >= 0.6 is 0 Å². The molecule has 1 atom stereocenters. The molecule has 0 aliphatic carbocycles. The van der Waals surface area contributed by atoms with Crippen molar-refractivity contribution >= 4 is 61.4 Å². The SMILES string of the molecule is COC(=O)/C(=C/c1c[n+]([O-])ccc1[N+](=O)[O-])NB(C)O.Cc1c[n+]([O-])ccc1[N+](=O)[O-].Cc1cnccc1[N+](=O)[O-].[B]C(=O)NC1Cc2cnccc2NC1=O. The molecule has 0 saturated carbocycles. The number of aryl methyl sites for hydroxylation is 2. The lowest BCUT2D eigenvalue weighted by molar-refractivity contribution is -0.606. The summed E-state index contributed by atoms with van der Waals surface area (Å²) in [5, 5.41) is 69.7. The average molecular weight is 774 g/mol. The Labute approximate surface area is 318 Å². The first kappa shape index (κ1) is 44.6. The van der Waals surface area contributed by atoms with E-state index in [1.165, 1.54) is 38.3 Å². The first-order chi connectivity index (χ1) is 26.3. The Hall–Kier alpha value is -7.56. The van der Waals surface area contributed by atoms with Gasteiger partial charge in [-0.3, -0.25) is 49.9 Å². The lowest BCUT2D eigenvalue weighted by Crippen LogP contribution is -2.47. The molecule has 2 radical (unpaired) electrons. The van der Waals surface area contributed by atoms with Gasteiger partial charge in [0.2, 0.25) is 13.8 Å². The van der Waals surface area contributed by atoms with Crippen molar-refractivity contribution in [2.24, 2.45) is 0 Å². The number of nitro groups is 3. The number of amides is 2. The van der Waals surface area contributed by atoms with Gasteiger partial charge in [-0.1, -0.05) is 0 Å². The van der Waals surface area contributed by atoms with Crippen LogP contribution in [0.2, 0.25) is 6.82 Å². The quantitative estimate of drug-likeness (QED) is 0.0370. The fourth-order valence-corrected chi connectivity index (χ4v) is 4.40. The number of nitrogens with one attached hydrogen (secondary N) is 3. The largest absolute Gasteiger partial charge is 0.619 e. The summed E-state index contributed by atoms with van der Waals surface area (Å²) in [7, 11) is 5.00. The monoisotopic (exact) mass is 774 g/mol. The summed E-state index contributed by atoms with van der Waals surface area (Å²) in [6, 6.07) is 4.68. The highest BCUT2D eigenvalue weighted by Crippen LogP contribution is 2.21. The van der Waals surface area contributed by atoms with Crippen LogP contribution in [0.15, 0.2) is 79.5 Å². The molecule has 290 valence electrons. The van der Waals surface area contributed by atoms with Gasteiger partial charge in [-0.2, -0.15) is 9.46 Å². The molecule has 0 bridgehead atoms. The number of hydrogen-bond donors (Lipinski definition) is 4. The molecule has 4 aromatic rings. The predicted octanol–water partition coefficient (Wildman–Crippen LogP) is 1.10. The van der Waals surface area contributed by atoms with Crippen molar-refractivity contribution in [1.29, 1.82) is 0 Å². The van der Waals surface area contributed by atoms with Gasteiger partial charge in [-0.25, -0.2) is 4.79 Å². The Morgan fingerprint density at radius 3 is 2.02 bits per heavy atom. The maximum absolute atomic E-state index is 11.5. The Morgan fingerprint density at radius 2 is 1.50 bits per heavy atom. The van der Waals surface area contributed by atoms with Crippen LogP contribution in [-0.2, 0) is 20.7 Å². The van der Waals surface area contributed by atoms with E-state index in [4.69, 9.17) is 7.85 Å². The molecule has 1 unspecified atom stereocenters. The lowest BCUT2D eigenvalue weighted by Gasteiger charge is -2.24. The average Bonchev–Trinajstić information content (AvgIpc) is 3.11. The van der Waals surface area contributed by atoms with Gasteiger partial charge in [0.15, 0.2) is 30.6 Å². The molecular formula is C31H32B2N10O13. The number of anilines is 1. The van der Waals surface area contributed by atoms with Crippen LogP contribution in [0.25, 0.3) is 6.08 Å². The number of rotatable bonds is 8. The van der Waals surface area contributed by atoms with Crippen LogP contribution in [0.1, 0.15) is 22.3 Å². The third kappa shape index (κ3) is 14.1. The second-order valence-corrected chi connectivity index (χ2v) is 11.1. The van der Waals surface area contributed by atoms with E-state index in [9.17, 15) is 60.2 Å². The van der Waals surface area contributed by atoms with Crippen molar-refractivity contribution in [3.8, 4) is 0 Å². The third-order valence-electron chi connectivity index (χ3n) is 6.91. The smallest absolute Gasteiger partial charge is 0.407 e. The molecule has 25 heteroatoms. The van der Waals surface area contributed by atoms with Crippen LogP contribution in [-0.4, -0.2) is 75.5 Å². The number of fused-ring (bicyclic) bond motifs is 1. The number of aromatic nitrogens is 4. The van der Waals surface area contributed by atoms with E-state index < -0.39 is 39.6 Å². The van der Waals surface area contributed by atoms with E-state index in [2.05, 4.69) is 30.6 Å². The van der Waals surface area contributed by atoms with E-state index in [0.717, 1.165) is 55.3 Å². The summed E-state index contributed by atoms with van der Waals surface area (Å²) in [5.74, 6) is -1.79. The van der Waals surface area contributed by atoms with Crippen molar-refractivity contribution in [2.45, 2.75) is 33.1 Å². The lowest BCUT2D eigenvalue weighted by atomic mass is 9.88. The van der Waals surface area contributed by atoms with Crippen LogP contribution in [0.4, 0.5) is 27.5 Å². The Balaban J connectivity index is 0.000000267. The second kappa shape index (κ2) is 21.2. The summed E-state index contributed by atoms with van der Waals surface area (Å²) in [6.45, 7) is 4.53. The molecule has 0 spiro atoms. The number of esters is 1. The van der Waals surface area contributed by atoms with Gasteiger partial charge >= 0.3 is 13.0 Å². The molecule has 2 amide bonds. The Kier molecular flexibility index (Phi) is 16.9. The number of pyridine rings is 4. The summed E-state index contributed by atoms with van der Waals surface area (Å²) in [5.41, 5.74) is 2.00. The van der Waals surface area contributed by atoms with E-state index in [-0.39, 0.29) is 34.2 Å². The molecule has 0 saturated heterocycles. The zero-order valence-electron chi connectivity index (χ0n) is 29.9. The molecule has 0 aromatic carbocycles. The van der Waals surface area contributed by atoms with Crippen molar-refractivity contribution in [3.05, 3.63) is 143 Å². The van der Waals surface area contributed by atoms with Crippen LogP contribution < -0.4 is 25.3 Å². The fourth-order valence-electron chi connectivity index (χ4n) is 4.40. The van der Waals surface area contributed by atoms with Crippen molar-refractivity contribution in [3.63, 3.8) is 0 Å². The van der Waals surface area contributed by atoms with E-state index in [1.54, 1.807) is 25.4 Å². The van der Waals surface area contributed by atoms with Crippen LogP contribution in [0, 0.1) is 54.6 Å². The van der Waals surface area contributed by atoms with Crippen LogP contribution in [0.5, 0.6) is 0 Å². The number of hydrogen-bond acceptors (Lipinski definition) is 16. The van der Waals surface area contributed by atoms with Crippen LogP contribution in [0.3, 0.4) is 0 Å². The molecule has 4 N–H and O–H groups in total. The number of nitrogens with zero attached hydrogens (tertiary/aromatic N) is 7. The number of carbonyl (C=O) groups is 3. The maximum atomic E-state index is 11.5. The van der Waals surface area contributed by atoms with Gasteiger partial charge in [-0.15, -0.1) is 0 Å². The number of ether oxygens (including phenoxy) is 1. The normalized spacial score (nSPS) is 12.5. The molecule has 0 fully saturated rings. The highest BCUT2D eigenvalue weighted by Gasteiger charge is 2.26. The second-order valence-electron chi connectivity index (χ2n) is 11.1. The summed E-state index contributed by atoms with van der Waals surface area (Å²) < 4.78 is 5.37. The van der Waals surface area contributed by atoms with Gasteiger partial charge in [0.05, 0.1) is 39.6 Å². The van der Waals surface area contributed by atoms with Crippen molar-refractivity contribution < 1.29 is 48.4 Å². The molecule has 56 heavy (non-hydrogen) atoms. The molecular weight excluding hydrogens is 742 g/mol. The number of methoxy groups -OCH3 is 1. The van der Waals surface area contributed by atoms with Gasteiger partial charge in [0, 0.05) is 48.5 Å². The van der Waals surface area contributed by atoms with E-state index in [0.29, 0.717) is 27.0 Å². The van der Waals surface area contributed by atoms with Gasteiger partial charge < -0.3 is 36.0 Å². The summed E-state index contributed by atoms with van der Waals surface area (Å²) in [4.78, 5) is 70.9. The Morgan fingerprint density at radius 1 is 0.946 bits per heavy atom. The Bertz CT molecular complexity index is 2120. The first-order valence-electron chi connectivity index (χ1n) is 15.6. The van der Waals surface area contributed by atoms with Crippen molar-refractivity contribution in [1.82, 2.24) is 20.5 Å². The molecule has 5 rings (SSSR count). The minimum atomic E-state index is -1.08. The minimum Gasteiger partial charge on any atom is -0.619 e. The van der Waals surface area contributed by atoms with E-state index >= 15 is 0 Å². The number of carbonyl (C=O) groups excluding carboxylic acids is 3. The molecule has 23 nitrogen and oxygen atoms in total. The van der Waals surface area contributed by atoms with Gasteiger partial charge in [-0.05, 0) is 38.4 Å².